The van der Waals surface area contributed by atoms with Crippen molar-refractivity contribution in [3.63, 3.8) is 0 Å². The van der Waals surface area contributed by atoms with Gasteiger partial charge in [0.05, 0.1) is 10.7 Å². The Bertz CT molecular complexity index is 1190. The van der Waals surface area contributed by atoms with Gasteiger partial charge < -0.3 is 9.15 Å². The van der Waals surface area contributed by atoms with Crippen molar-refractivity contribution in [1.82, 2.24) is 10.4 Å². The van der Waals surface area contributed by atoms with Gasteiger partial charge in [-0.15, -0.1) is 0 Å². The van der Waals surface area contributed by atoms with E-state index in [0.717, 1.165) is 12.0 Å². The van der Waals surface area contributed by atoms with Gasteiger partial charge in [0.1, 0.15) is 11.5 Å². The number of aromatic nitrogens is 1. The van der Waals surface area contributed by atoms with Crippen molar-refractivity contribution < 1.29 is 18.7 Å². The molecule has 0 spiro atoms. The Kier molecular flexibility index (Phi) is 6.06. The number of pyridine rings is 1. The number of furan rings is 1. The Hall–Kier alpha value is -3.16. The predicted octanol–water partition coefficient (Wildman–Crippen LogP) is 4.98. The van der Waals surface area contributed by atoms with E-state index in [0.29, 0.717) is 40.5 Å². The number of esters is 1. The first kappa shape index (κ1) is 21.1. The summed E-state index contributed by atoms with van der Waals surface area (Å²) in [7, 11) is 0. The fraction of sp³-hybridized carbons (Fsp3) is 0.182. The van der Waals surface area contributed by atoms with Gasteiger partial charge in [-0.25, -0.2) is 10.2 Å². The summed E-state index contributed by atoms with van der Waals surface area (Å²) >= 11 is 12.0. The lowest BCUT2D eigenvalue weighted by molar-refractivity contribution is 0.0698. The summed E-state index contributed by atoms with van der Waals surface area (Å²) in [4.78, 5) is 28.9. The van der Waals surface area contributed by atoms with Crippen LogP contribution in [0.3, 0.4) is 0 Å². The van der Waals surface area contributed by atoms with Crippen LogP contribution >= 0.6 is 23.2 Å². The summed E-state index contributed by atoms with van der Waals surface area (Å²) in [5, 5.41) is 4.94. The molecule has 1 aromatic carbocycles. The Labute approximate surface area is 188 Å². The highest BCUT2D eigenvalue weighted by molar-refractivity contribution is 6.35. The van der Waals surface area contributed by atoms with E-state index >= 15 is 0 Å². The van der Waals surface area contributed by atoms with E-state index in [1.165, 1.54) is 24.5 Å². The molecule has 1 amide bonds. The largest absolute Gasteiger partial charge is 0.453 e. The van der Waals surface area contributed by atoms with Crippen LogP contribution in [0.4, 0.5) is 0 Å². The fourth-order valence-electron chi connectivity index (χ4n) is 3.37. The molecule has 0 bridgehead atoms. The van der Waals surface area contributed by atoms with Crippen molar-refractivity contribution in [2.24, 2.45) is 5.10 Å². The van der Waals surface area contributed by atoms with Crippen molar-refractivity contribution in [3.8, 4) is 5.75 Å². The summed E-state index contributed by atoms with van der Waals surface area (Å²) in [6.07, 6.45) is 5.14. The van der Waals surface area contributed by atoms with Crippen molar-refractivity contribution in [2.75, 3.05) is 0 Å². The van der Waals surface area contributed by atoms with E-state index in [4.69, 9.17) is 32.4 Å². The first-order chi connectivity index (χ1) is 14.9. The number of fused-ring (bicyclic) bond motifs is 1. The molecular formula is C22H17Cl2N3O4. The van der Waals surface area contributed by atoms with Crippen LogP contribution in [0.25, 0.3) is 0 Å². The number of hydrazone groups is 1. The molecule has 1 N–H and O–H groups in total. The van der Waals surface area contributed by atoms with Gasteiger partial charge in [-0.2, -0.15) is 5.10 Å². The summed E-state index contributed by atoms with van der Waals surface area (Å²) in [6, 6.07) is 7.78. The smallest absolute Gasteiger partial charge is 0.379 e. The molecule has 2 aromatic heterocycles. The molecule has 0 radical (unpaired) electrons. The van der Waals surface area contributed by atoms with Crippen LogP contribution in [-0.4, -0.2) is 22.6 Å². The fourth-order valence-corrected chi connectivity index (χ4v) is 3.81. The third-order valence-electron chi connectivity index (χ3n) is 4.84. The molecular weight excluding hydrogens is 441 g/mol. The molecule has 4 rings (SSSR count). The third-order valence-corrected chi connectivity index (χ3v) is 5.37. The Balaban J connectivity index is 1.58. The zero-order chi connectivity index (χ0) is 22.0. The van der Waals surface area contributed by atoms with Crippen LogP contribution in [0.5, 0.6) is 5.75 Å². The van der Waals surface area contributed by atoms with Crippen LogP contribution in [0.2, 0.25) is 10.0 Å². The first-order valence-electron chi connectivity index (χ1n) is 9.51. The van der Waals surface area contributed by atoms with E-state index in [1.807, 2.05) is 0 Å². The Morgan fingerprint density at radius 1 is 1.16 bits per heavy atom. The Morgan fingerprint density at radius 2 is 1.94 bits per heavy atom. The molecule has 31 heavy (non-hydrogen) atoms. The number of carbonyl (C=O) groups is 2. The van der Waals surface area contributed by atoms with Gasteiger partial charge in [-0.3, -0.25) is 9.78 Å². The van der Waals surface area contributed by atoms with Gasteiger partial charge in [0, 0.05) is 40.5 Å². The van der Waals surface area contributed by atoms with E-state index in [9.17, 15) is 9.59 Å². The second-order valence-corrected chi connectivity index (χ2v) is 7.75. The molecule has 0 fully saturated rings. The summed E-state index contributed by atoms with van der Waals surface area (Å²) < 4.78 is 11.2. The van der Waals surface area contributed by atoms with Crippen LogP contribution in [0.1, 0.15) is 50.6 Å². The molecule has 0 saturated carbocycles. The minimum absolute atomic E-state index is 0.0751. The van der Waals surface area contributed by atoms with Crippen LogP contribution in [0.15, 0.2) is 52.2 Å². The number of amides is 1. The number of ether oxygens (including phenoxy) is 1. The number of benzene rings is 1. The number of halogens is 2. The summed E-state index contributed by atoms with van der Waals surface area (Å²) in [6.45, 7) is 1.76. The molecule has 1 aliphatic carbocycles. The topological polar surface area (TPSA) is 93.8 Å². The van der Waals surface area contributed by atoms with Crippen molar-refractivity contribution in [2.45, 2.75) is 26.2 Å². The van der Waals surface area contributed by atoms with Crippen LogP contribution in [0, 0.1) is 6.92 Å². The number of aryl methyl sites for hydroxylation is 1. The molecule has 0 atom stereocenters. The normalized spacial score (nSPS) is 14.2. The maximum atomic E-state index is 12.7. The lowest BCUT2D eigenvalue weighted by Crippen LogP contribution is -2.22. The molecule has 158 valence electrons. The van der Waals surface area contributed by atoms with Gasteiger partial charge in [0.2, 0.25) is 5.76 Å². The maximum absolute atomic E-state index is 12.7. The zero-order valence-corrected chi connectivity index (χ0v) is 18.0. The van der Waals surface area contributed by atoms with Crippen molar-refractivity contribution >= 4 is 40.8 Å². The van der Waals surface area contributed by atoms with E-state index in [-0.39, 0.29) is 22.4 Å². The highest BCUT2D eigenvalue weighted by Gasteiger charge is 2.29. The molecule has 1 aliphatic rings. The van der Waals surface area contributed by atoms with E-state index in [1.54, 1.807) is 25.1 Å². The minimum Gasteiger partial charge on any atom is -0.453 e. The van der Waals surface area contributed by atoms with Gasteiger partial charge in [0.25, 0.3) is 5.91 Å². The number of nitrogens with one attached hydrogen (secondary N) is 1. The molecule has 9 heteroatoms. The number of rotatable bonds is 4. The average molecular weight is 458 g/mol. The summed E-state index contributed by atoms with van der Waals surface area (Å²) in [5.74, 6) is -0.124. The van der Waals surface area contributed by atoms with Crippen LogP contribution in [-0.2, 0) is 6.42 Å². The maximum Gasteiger partial charge on any atom is 0.379 e. The van der Waals surface area contributed by atoms with Crippen molar-refractivity contribution in [1.29, 1.82) is 0 Å². The minimum atomic E-state index is -0.670. The lowest BCUT2D eigenvalue weighted by Gasteiger charge is -2.13. The number of carbonyl (C=O) groups excluding carboxylic acids is 2. The highest BCUT2D eigenvalue weighted by atomic mass is 35.5. The molecule has 7 nitrogen and oxygen atoms in total. The zero-order valence-electron chi connectivity index (χ0n) is 16.4. The molecule has 0 unspecified atom stereocenters. The second-order valence-electron chi connectivity index (χ2n) is 6.91. The molecule has 2 heterocycles. The molecule has 0 saturated heterocycles. The average Bonchev–Trinajstić information content (AvgIpc) is 3.12. The first-order valence-corrected chi connectivity index (χ1v) is 10.3. The van der Waals surface area contributed by atoms with Gasteiger partial charge >= 0.3 is 5.97 Å². The number of nitrogens with zero attached hydrogens (tertiary/aromatic N) is 2. The number of hydrogen-bond acceptors (Lipinski definition) is 6. The van der Waals surface area contributed by atoms with Crippen molar-refractivity contribution in [3.05, 3.63) is 81.0 Å². The van der Waals surface area contributed by atoms with Gasteiger partial charge in [0.15, 0.2) is 0 Å². The molecule has 3 aromatic rings. The van der Waals surface area contributed by atoms with E-state index < -0.39 is 5.97 Å². The van der Waals surface area contributed by atoms with Gasteiger partial charge in [-0.1, -0.05) is 23.2 Å². The summed E-state index contributed by atoms with van der Waals surface area (Å²) in [5.41, 5.74) is 4.97. The van der Waals surface area contributed by atoms with E-state index in [2.05, 4.69) is 15.5 Å². The highest BCUT2D eigenvalue weighted by Crippen LogP contribution is 2.32. The molecule has 0 aliphatic heterocycles. The Morgan fingerprint density at radius 3 is 2.68 bits per heavy atom. The van der Waals surface area contributed by atoms with Crippen LogP contribution < -0.4 is 10.2 Å². The predicted molar refractivity (Wildman–Crippen MR) is 116 cm³/mol. The second kappa shape index (κ2) is 8.91. The monoisotopic (exact) mass is 457 g/mol. The quantitative estimate of drug-likeness (QED) is 0.338. The lowest BCUT2D eigenvalue weighted by atomic mass is 9.93. The third kappa shape index (κ3) is 4.47. The SMILES string of the molecule is Cc1c(C(=O)Oc2ccc(Cl)cc2Cl)oc2c1/C(=N/NC(=O)c1ccncc1)CCC2. The standard InChI is InChI=1S/C22H17Cl2N3O4/c1-12-19-16(26-27-21(28)13-7-9-25-10-8-13)3-2-4-18(19)30-20(12)22(29)31-17-6-5-14(23)11-15(17)24/h5-11H,2-4H2,1H3,(H,27,28)/b26-16+. The number of hydrogen-bond donors (Lipinski definition) is 1. The van der Waals surface area contributed by atoms with Gasteiger partial charge in [-0.05, 0) is 50.1 Å².